The number of hydrogen-bond donors (Lipinski definition) is 1. The quantitative estimate of drug-likeness (QED) is 0.384. The molecule has 4 heteroatoms. The molecule has 0 aromatic rings. The zero-order chi connectivity index (χ0) is 11.7. The first kappa shape index (κ1) is 13.9. The topological polar surface area (TPSA) is 55.2 Å². The van der Waals surface area contributed by atoms with Crippen molar-refractivity contribution in [1.82, 2.24) is 5.32 Å². The summed E-state index contributed by atoms with van der Waals surface area (Å²) in [5.41, 5.74) is 0.295. The number of nitro groups is 1. The molecule has 0 aliphatic rings. The van der Waals surface area contributed by atoms with Crippen LogP contribution in [0.4, 0.5) is 0 Å². The summed E-state index contributed by atoms with van der Waals surface area (Å²) in [5.74, 6) is 0.505. The first-order chi connectivity index (χ1) is 7.07. The molecule has 0 heterocycles. The zero-order valence-electron chi connectivity index (χ0n) is 9.95. The number of nitrogens with one attached hydrogen (secondary N) is 1. The molecule has 0 aromatic heterocycles. The molecular weight excluding hydrogens is 192 g/mol. The van der Waals surface area contributed by atoms with Gasteiger partial charge in [-0.25, -0.2) is 0 Å². The summed E-state index contributed by atoms with van der Waals surface area (Å²) in [7, 11) is 0. The van der Waals surface area contributed by atoms with E-state index in [1.807, 2.05) is 0 Å². The van der Waals surface area contributed by atoms with Crippen LogP contribution in [0.3, 0.4) is 0 Å². The van der Waals surface area contributed by atoms with Crippen molar-refractivity contribution >= 4 is 0 Å². The molecule has 0 spiro atoms. The van der Waals surface area contributed by atoms with E-state index in [9.17, 15) is 10.1 Å². The molecule has 0 bridgehead atoms. The van der Waals surface area contributed by atoms with Gasteiger partial charge in [0.15, 0.2) is 0 Å². The predicted molar refractivity (Wildman–Crippen MR) is 62.1 cm³/mol. The molecule has 0 amide bonds. The highest BCUT2D eigenvalue weighted by molar-refractivity contribution is 4.89. The number of allylic oxidation sites excluding steroid dienone is 1. The Labute approximate surface area is 91.9 Å². The number of unbranched alkanes of at least 4 members (excludes halogenated alkanes) is 2. The summed E-state index contributed by atoms with van der Waals surface area (Å²) < 4.78 is 0. The van der Waals surface area contributed by atoms with Crippen molar-refractivity contribution in [3.05, 3.63) is 22.0 Å². The predicted octanol–water partition coefficient (Wildman–Crippen LogP) is 2.93. The first-order valence-electron chi connectivity index (χ1n) is 5.64. The minimum absolute atomic E-state index is 0.289. The standard InChI is InChI=1S/C11H22N2O2/c1-4-5-6-7-11(13(14)15)9-12-8-10(2)3/h9-10,12H,4-8H2,1-3H3/b11-9+. The van der Waals surface area contributed by atoms with E-state index in [1.165, 1.54) is 0 Å². The van der Waals surface area contributed by atoms with Crippen molar-refractivity contribution < 1.29 is 4.92 Å². The SMILES string of the molecule is CCCCC/C(=C\NCC(C)C)[N+](=O)[O-]. The molecule has 0 atom stereocenters. The monoisotopic (exact) mass is 214 g/mol. The van der Waals surface area contributed by atoms with Gasteiger partial charge in [-0.2, -0.15) is 0 Å². The molecule has 0 fully saturated rings. The number of hydrogen-bond acceptors (Lipinski definition) is 3. The van der Waals surface area contributed by atoms with Crippen LogP contribution < -0.4 is 5.32 Å². The van der Waals surface area contributed by atoms with Crippen molar-refractivity contribution in [2.24, 2.45) is 5.92 Å². The molecule has 0 saturated carbocycles. The summed E-state index contributed by atoms with van der Waals surface area (Å²) >= 11 is 0. The Morgan fingerprint density at radius 3 is 2.60 bits per heavy atom. The molecule has 0 saturated heterocycles. The molecule has 15 heavy (non-hydrogen) atoms. The summed E-state index contributed by atoms with van der Waals surface area (Å²) in [4.78, 5) is 10.4. The summed E-state index contributed by atoms with van der Waals surface area (Å²) in [6.07, 6.45) is 5.15. The van der Waals surface area contributed by atoms with E-state index in [1.54, 1.807) is 6.20 Å². The van der Waals surface area contributed by atoms with E-state index in [-0.39, 0.29) is 4.92 Å². The van der Waals surface area contributed by atoms with Crippen molar-refractivity contribution in [2.75, 3.05) is 6.54 Å². The highest BCUT2D eigenvalue weighted by Crippen LogP contribution is 2.08. The Morgan fingerprint density at radius 1 is 1.47 bits per heavy atom. The minimum Gasteiger partial charge on any atom is -0.385 e. The average molecular weight is 214 g/mol. The second kappa shape index (κ2) is 8.26. The number of nitrogens with zero attached hydrogens (tertiary/aromatic N) is 1. The van der Waals surface area contributed by atoms with Crippen LogP contribution in [0.2, 0.25) is 0 Å². The average Bonchev–Trinajstić information content (AvgIpc) is 2.15. The van der Waals surface area contributed by atoms with Gasteiger partial charge in [0.2, 0.25) is 0 Å². The number of rotatable bonds is 8. The molecule has 0 aromatic carbocycles. The van der Waals surface area contributed by atoms with Crippen LogP contribution >= 0.6 is 0 Å². The van der Waals surface area contributed by atoms with E-state index in [4.69, 9.17) is 0 Å². The normalized spacial score (nSPS) is 11.9. The second-order valence-electron chi connectivity index (χ2n) is 4.15. The van der Waals surface area contributed by atoms with Crippen molar-refractivity contribution in [3.63, 3.8) is 0 Å². The highest BCUT2D eigenvalue weighted by atomic mass is 16.6. The van der Waals surface area contributed by atoms with Gasteiger partial charge in [-0.15, -0.1) is 0 Å². The zero-order valence-corrected chi connectivity index (χ0v) is 9.95. The lowest BCUT2D eigenvalue weighted by molar-refractivity contribution is -0.428. The molecule has 0 radical (unpaired) electrons. The Kier molecular flexibility index (Phi) is 7.68. The van der Waals surface area contributed by atoms with Crippen LogP contribution in [0.5, 0.6) is 0 Å². The summed E-state index contributed by atoms with van der Waals surface area (Å²) in [6.45, 7) is 7.02. The van der Waals surface area contributed by atoms with Gasteiger partial charge >= 0.3 is 0 Å². The van der Waals surface area contributed by atoms with Gasteiger partial charge in [-0.05, 0) is 12.3 Å². The first-order valence-corrected chi connectivity index (χ1v) is 5.64. The molecule has 0 aliphatic carbocycles. The van der Waals surface area contributed by atoms with Crippen LogP contribution in [0, 0.1) is 16.0 Å². The van der Waals surface area contributed by atoms with Gasteiger partial charge in [0.1, 0.15) is 0 Å². The maximum Gasteiger partial charge on any atom is 0.261 e. The summed E-state index contributed by atoms with van der Waals surface area (Å²) in [6, 6.07) is 0. The molecule has 0 rings (SSSR count). The lowest BCUT2D eigenvalue weighted by atomic mass is 10.2. The molecule has 0 unspecified atom stereocenters. The second-order valence-corrected chi connectivity index (χ2v) is 4.15. The fourth-order valence-corrected chi connectivity index (χ4v) is 1.18. The Hall–Kier alpha value is -1.06. The van der Waals surface area contributed by atoms with Crippen LogP contribution in [0.15, 0.2) is 11.9 Å². The van der Waals surface area contributed by atoms with E-state index in [0.717, 1.165) is 25.8 Å². The maximum atomic E-state index is 10.7. The maximum absolute atomic E-state index is 10.7. The van der Waals surface area contributed by atoms with E-state index in [0.29, 0.717) is 18.0 Å². The van der Waals surface area contributed by atoms with Crippen LogP contribution in [-0.4, -0.2) is 11.5 Å². The van der Waals surface area contributed by atoms with Gasteiger partial charge in [0, 0.05) is 13.0 Å². The van der Waals surface area contributed by atoms with Gasteiger partial charge in [0.05, 0.1) is 11.1 Å². The van der Waals surface area contributed by atoms with Crippen molar-refractivity contribution in [2.45, 2.75) is 46.5 Å². The third-order valence-electron chi connectivity index (χ3n) is 2.07. The van der Waals surface area contributed by atoms with Crippen LogP contribution in [0.1, 0.15) is 46.5 Å². The van der Waals surface area contributed by atoms with Crippen molar-refractivity contribution in [3.8, 4) is 0 Å². The molecule has 88 valence electrons. The van der Waals surface area contributed by atoms with Gasteiger partial charge < -0.3 is 5.32 Å². The van der Waals surface area contributed by atoms with Crippen molar-refractivity contribution in [1.29, 1.82) is 0 Å². The largest absolute Gasteiger partial charge is 0.385 e. The Bertz CT molecular complexity index is 213. The molecule has 4 nitrogen and oxygen atoms in total. The van der Waals surface area contributed by atoms with Gasteiger partial charge in [-0.3, -0.25) is 10.1 Å². The van der Waals surface area contributed by atoms with Gasteiger partial charge in [-0.1, -0.05) is 33.6 Å². The smallest absolute Gasteiger partial charge is 0.261 e. The lowest BCUT2D eigenvalue weighted by Gasteiger charge is -2.04. The Morgan fingerprint density at radius 2 is 2.13 bits per heavy atom. The van der Waals surface area contributed by atoms with Crippen LogP contribution in [0.25, 0.3) is 0 Å². The molecule has 0 aliphatic heterocycles. The van der Waals surface area contributed by atoms with E-state index >= 15 is 0 Å². The third-order valence-corrected chi connectivity index (χ3v) is 2.07. The third kappa shape index (κ3) is 7.97. The fourth-order valence-electron chi connectivity index (χ4n) is 1.18. The summed E-state index contributed by atoms with van der Waals surface area (Å²) in [5, 5.41) is 13.7. The Balaban J connectivity index is 3.96. The van der Waals surface area contributed by atoms with E-state index in [2.05, 4.69) is 26.1 Å². The minimum atomic E-state index is -0.289. The highest BCUT2D eigenvalue weighted by Gasteiger charge is 2.09. The molecule has 1 N–H and O–H groups in total. The molecular formula is C11H22N2O2. The van der Waals surface area contributed by atoms with E-state index < -0.39 is 0 Å². The van der Waals surface area contributed by atoms with Crippen LogP contribution in [-0.2, 0) is 0 Å². The van der Waals surface area contributed by atoms with Gasteiger partial charge in [0.25, 0.3) is 5.70 Å². The lowest BCUT2D eigenvalue weighted by Crippen LogP contribution is -2.15. The fraction of sp³-hybridized carbons (Fsp3) is 0.818.